The summed E-state index contributed by atoms with van der Waals surface area (Å²) < 4.78 is 5.33. The van der Waals surface area contributed by atoms with Crippen molar-refractivity contribution >= 4 is 5.91 Å². The zero-order valence-electron chi connectivity index (χ0n) is 12.9. The summed E-state index contributed by atoms with van der Waals surface area (Å²) in [5, 5.41) is 13.3. The molecule has 0 aromatic carbocycles. The molecule has 1 aromatic rings. The van der Waals surface area contributed by atoms with Gasteiger partial charge in [-0.05, 0) is 33.1 Å². The summed E-state index contributed by atoms with van der Waals surface area (Å²) in [7, 11) is 0. The zero-order chi connectivity index (χ0) is 15.2. The fourth-order valence-electron chi connectivity index (χ4n) is 2.55. The molecule has 21 heavy (non-hydrogen) atoms. The van der Waals surface area contributed by atoms with Crippen molar-refractivity contribution in [2.45, 2.75) is 52.1 Å². The van der Waals surface area contributed by atoms with Gasteiger partial charge in [0.05, 0.1) is 11.8 Å². The lowest BCUT2D eigenvalue weighted by Gasteiger charge is -2.38. The van der Waals surface area contributed by atoms with Crippen LogP contribution in [-0.4, -0.2) is 51.8 Å². The Morgan fingerprint density at radius 3 is 2.95 bits per heavy atom. The number of nitrogens with zero attached hydrogens (tertiary/aromatic N) is 3. The Labute approximate surface area is 125 Å². The standard InChI is InChI=1S/C15H25N3O3/c1-12-11-21-14(16-12)5-3-9-18-15(20)6-4-8-17(18)10-7-13(2)19/h11,13,19H,3-10H2,1-2H3. The predicted molar refractivity (Wildman–Crippen MR) is 78.4 cm³/mol. The van der Waals surface area contributed by atoms with E-state index in [4.69, 9.17) is 4.42 Å². The quantitative estimate of drug-likeness (QED) is 0.826. The number of carbonyl (C=O) groups is 1. The van der Waals surface area contributed by atoms with Gasteiger partial charge in [0.25, 0.3) is 0 Å². The molecule has 1 unspecified atom stereocenters. The number of carbonyl (C=O) groups excluding carboxylic acids is 1. The molecule has 1 atom stereocenters. The third kappa shape index (κ3) is 4.82. The van der Waals surface area contributed by atoms with Crippen molar-refractivity contribution in [1.29, 1.82) is 0 Å². The van der Waals surface area contributed by atoms with E-state index in [9.17, 15) is 9.90 Å². The van der Waals surface area contributed by atoms with Gasteiger partial charge >= 0.3 is 0 Å². The number of oxazole rings is 1. The lowest BCUT2D eigenvalue weighted by atomic mass is 10.2. The molecule has 2 rings (SSSR count). The van der Waals surface area contributed by atoms with Crippen LogP contribution in [0.5, 0.6) is 0 Å². The first-order valence-corrected chi connectivity index (χ1v) is 7.70. The Kier molecular flexibility index (Phi) is 5.76. The fourth-order valence-corrected chi connectivity index (χ4v) is 2.55. The number of aliphatic hydroxyl groups excluding tert-OH is 1. The molecule has 0 bridgehead atoms. The van der Waals surface area contributed by atoms with Crippen LogP contribution in [0.1, 0.15) is 44.2 Å². The van der Waals surface area contributed by atoms with E-state index in [1.807, 2.05) is 11.9 Å². The predicted octanol–water partition coefficient (Wildman–Crippen LogP) is 1.53. The first-order chi connectivity index (χ1) is 10.1. The highest BCUT2D eigenvalue weighted by molar-refractivity contribution is 5.76. The highest BCUT2D eigenvalue weighted by atomic mass is 16.3. The van der Waals surface area contributed by atoms with Gasteiger partial charge in [0.15, 0.2) is 5.89 Å². The molecule has 0 aliphatic carbocycles. The highest BCUT2D eigenvalue weighted by Crippen LogP contribution is 2.15. The van der Waals surface area contributed by atoms with Gasteiger partial charge in [-0.2, -0.15) is 0 Å². The van der Waals surface area contributed by atoms with Gasteiger partial charge in [-0.3, -0.25) is 9.80 Å². The van der Waals surface area contributed by atoms with Gasteiger partial charge in [-0.15, -0.1) is 0 Å². The molecule has 118 valence electrons. The Hall–Kier alpha value is -1.40. The third-order valence-corrected chi connectivity index (χ3v) is 3.67. The van der Waals surface area contributed by atoms with Crippen molar-refractivity contribution in [3.63, 3.8) is 0 Å². The van der Waals surface area contributed by atoms with Gasteiger partial charge < -0.3 is 9.52 Å². The summed E-state index contributed by atoms with van der Waals surface area (Å²) >= 11 is 0. The minimum absolute atomic E-state index is 0.176. The van der Waals surface area contributed by atoms with E-state index in [-0.39, 0.29) is 12.0 Å². The SMILES string of the molecule is Cc1coc(CCCN2C(=O)CCCN2CCC(C)O)n1. The molecule has 6 heteroatoms. The number of amides is 1. The van der Waals surface area contributed by atoms with Gasteiger partial charge in [-0.1, -0.05) is 0 Å². The number of rotatable bonds is 7. The molecule has 1 N–H and O–H groups in total. The second-order valence-electron chi connectivity index (χ2n) is 5.70. The van der Waals surface area contributed by atoms with E-state index in [0.29, 0.717) is 19.4 Å². The van der Waals surface area contributed by atoms with E-state index in [1.54, 1.807) is 13.2 Å². The maximum atomic E-state index is 12.1. The fraction of sp³-hybridized carbons (Fsp3) is 0.733. The van der Waals surface area contributed by atoms with Crippen LogP contribution in [0.15, 0.2) is 10.7 Å². The second-order valence-corrected chi connectivity index (χ2v) is 5.70. The van der Waals surface area contributed by atoms with Crippen LogP contribution < -0.4 is 0 Å². The zero-order valence-corrected chi connectivity index (χ0v) is 12.9. The average Bonchev–Trinajstić information content (AvgIpc) is 2.84. The molecule has 6 nitrogen and oxygen atoms in total. The lowest BCUT2D eigenvalue weighted by Crippen LogP contribution is -2.51. The van der Waals surface area contributed by atoms with Crippen LogP contribution in [0.2, 0.25) is 0 Å². The third-order valence-electron chi connectivity index (χ3n) is 3.67. The number of aryl methyl sites for hydroxylation is 2. The van der Waals surface area contributed by atoms with E-state index in [1.165, 1.54) is 0 Å². The van der Waals surface area contributed by atoms with Gasteiger partial charge in [0, 0.05) is 32.5 Å². The molecular formula is C15H25N3O3. The molecule has 0 saturated carbocycles. The van der Waals surface area contributed by atoms with Crippen molar-refractivity contribution in [2.24, 2.45) is 0 Å². The first kappa shape index (κ1) is 16.0. The normalized spacial score (nSPS) is 18.2. The van der Waals surface area contributed by atoms with Gasteiger partial charge in [-0.25, -0.2) is 9.99 Å². The number of hydrazine groups is 1. The molecule has 0 radical (unpaired) electrons. The monoisotopic (exact) mass is 295 g/mol. The van der Waals surface area contributed by atoms with E-state index in [2.05, 4.69) is 9.99 Å². The maximum absolute atomic E-state index is 12.1. The van der Waals surface area contributed by atoms with Crippen LogP contribution in [0.25, 0.3) is 0 Å². The molecule has 1 fully saturated rings. The summed E-state index contributed by atoms with van der Waals surface area (Å²) in [5.74, 6) is 0.905. The van der Waals surface area contributed by atoms with E-state index < -0.39 is 0 Å². The van der Waals surface area contributed by atoms with Crippen LogP contribution in [-0.2, 0) is 11.2 Å². The Balaban J connectivity index is 1.83. The minimum Gasteiger partial charge on any atom is -0.449 e. The number of hydrogen-bond donors (Lipinski definition) is 1. The molecule has 0 spiro atoms. The van der Waals surface area contributed by atoms with Crippen molar-refractivity contribution < 1.29 is 14.3 Å². The van der Waals surface area contributed by atoms with Crippen LogP contribution in [0.3, 0.4) is 0 Å². The second kappa shape index (κ2) is 7.56. The molecule has 1 saturated heterocycles. The smallest absolute Gasteiger partial charge is 0.236 e. The van der Waals surface area contributed by atoms with Gasteiger partial charge in [0.2, 0.25) is 5.91 Å². The topological polar surface area (TPSA) is 69.8 Å². The molecule has 1 aliphatic rings. The lowest BCUT2D eigenvalue weighted by molar-refractivity contribution is -0.156. The summed E-state index contributed by atoms with van der Waals surface area (Å²) in [5.41, 5.74) is 0.887. The van der Waals surface area contributed by atoms with Crippen molar-refractivity contribution in [3.05, 3.63) is 17.8 Å². The average molecular weight is 295 g/mol. The van der Waals surface area contributed by atoms with E-state index in [0.717, 1.165) is 43.9 Å². The van der Waals surface area contributed by atoms with Crippen LogP contribution in [0, 0.1) is 6.92 Å². The molecular weight excluding hydrogens is 270 g/mol. The summed E-state index contributed by atoms with van der Waals surface area (Å²) in [6, 6.07) is 0. The Morgan fingerprint density at radius 1 is 1.48 bits per heavy atom. The highest BCUT2D eigenvalue weighted by Gasteiger charge is 2.25. The van der Waals surface area contributed by atoms with Crippen LogP contribution in [0.4, 0.5) is 0 Å². The van der Waals surface area contributed by atoms with Crippen molar-refractivity contribution in [1.82, 2.24) is 15.0 Å². The number of hydrogen-bond acceptors (Lipinski definition) is 5. The molecule has 2 heterocycles. The number of aromatic nitrogens is 1. The minimum atomic E-state index is -0.334. The van der Waals surface area contributed by atoms with Crippen LogP contribution >= 0.6 is 0 Å². The molecule has 1 aliphatic heterocycles. The summed E-state index contributed by atoms with van der Waals surface area (Å²) in [4.78, 5) is 16.4. The number of aliphatic hydroxyl groups is 1. The van der Waals surface area contributed by atoms with Gasteiger partial charge in [0.1, 0.15) is 6.26 Å². The summed E-state index contributed by atoms with van der Waals surface area (Å²) in [6.45, 7) is 5.97. The Bertz CT molecular complexity index is 459. The molecule has 1 amide bonds. The molecule has 1 aromatic heterocycles. The van der Waals surface area contributed by atoms with E-state index >= 15 is 0 Å². The van der Waals surface area contributed by atoms with Crippen molar-refractivity contribution in [2.75, 3.05) is 19.6 Å². The van der Waals surface area contributed by atoms with Crippen molar-refractivity contribution in [3.8, 4) is 0 Å². The Morgan fingerprint density at radius 2 is 2.29 bits per heavy atom. The summed E-state index contributed by atoms with van der Waals surface area (Å²) in [6.07, 6.45) is 5.08. The largest absolute Gasteiger partial charge is 0.449 e. The maximum Gasteiger partial charge on any atom is 0.236 e. The first-order valence-electron chi connectivity index (χ1n) is 7.70.